The van der Waals surface area contributed by atoms with Gasteiger partial charge in [0.25, 0.3) is 5.91 Å². The summed E-state index contributed by atoms with van der Waals surface area (Å²) in [6, 6.07) is 18.5. The van der Waals surface area contributed by atoms with Gasteiger partial charge in [-0.15, -0.1) is 0 Å². The molecule has 4 aromatic rings. The van der Waals surface area contributed by atoms with Crippen molar-refractivity contribution < 1.29 is 9.59 Å². The van der Waals surface area contributed by atoms with Crippen molar-refractivity contribution in [3.63, 3.8) is 0 Å². The minimum Gasteiger partial charge on any atom is -0.322 e. The third-order valence-electron chi connectivity index (χ3n) is 4.71. The summed E-state index contributed by atoms with van der Waals surface area (Å²) in [6.07, 6.45) is 5.62. The number of aromatic nitrogens is 3. The fourth-order valence-electron chi connectivity index (χ4n) is 3.27. The van der Waals surface area contributed by atoms with E-state index in [1.54, 1.807) is 43.7 Å². The van der Waals surface area contributed by atoms with Gasteiger partial charge in [0.2, 0.25) is 0 Å². The first-order valence-corrected chi connectivity index (χ1v) is 9.54. The smallest absolute Gasteiger partial charge is 0.255 e. The molecule has 6 nitrogen and oxygen atoms in total. The summed E-state index contributed by atoms with van der Waals surface area (Å²) >= 11 is 0. The average molecular weight is 396 g/mol. The molecule has 0 saturated heterocycles. The number of nitrogens with zero attached hydrogens (tertiary/aromatic N) is 2. The molecule has 1 amide bonds. The van der Waals surface area contributed by atoms with Crippen molar-refractivity contribution in [2.75, 3.05) is 5.32 Å². The number of carbonyl (C=O) groups is 2. The van der Waals surface area contributed by atoms with Gasteiger partial charge in [0, 0.05) is 41.2 Å². The molecule has 0 unspecified atom stereocenters. The first-order chi connectivity index (χ1) is 14.6. The average Bonchev–Trinajstić information content (AvgIpc) is 3.25. The summed E-state index contributed by atoms with van der Waals surface area (Å²) in [6.45, 7) is 1.56. The molecule has 2 heterocycles. The summed E-state index contributed by atoms with van der Waals surface area (Å²) in [5.41, 5.74) is 5.77. The van der Waals surface area contributed by atoms with E-state index in [9.17, 15) is 9.59 Å². The molecule has 148 valence electrons. The molecule has 0 fully saturated rings. The minimum atomic E-state index is -0.207. The van der Waals surface area contributed by atoms with Crippen molar-refractivity contribution in [2.24, 2.45) is 0 Å². The molecule has 0 atom stereocenters. The van der Waals surface area contributed by atoms with Crippen molar-refractivity contribution in [1.82, 2.24) is 15.2 Å². The largest absolute Gasteiger partial charge is 0.322 e. The van der Waals surface area contributed by atoms with Crippen LogP contribution < -0.4 is 5.32 Å². The molecular weight excluding hydrogens is 376 g/mol. The van der Waals surface area contributed by atoms with Gasteiger partial charge in [-0.05, 0) is 54.4 Å². The van der Waals surface area contributed by atoms with E-state index in [1.807, 2.05) is 42.5 Å². The number of amides is 1. The second-order valence-corrected chi connectivity index (χ2v) is 7.01. The molecule has 0 radical (unpaired) electrons. The lowest BCUT2D eigenvalue weighted by Crippen LogP contribution is -2.12. The lowest BCUT2D eigenvalue weighted by Gasteiger charge is -2.08. The third kappa shape index (κ3) is 4.33. The van der Waals surface area contributed by atoms with Gasteiger partial charge >= 0.3 is 0 Å². The molecule has 0 aliphatic heterocycles. The number of ketones is 1. The fourth-order valence-corrected chi connectivity index (χ4v) is 3.27. The van der Waals surface area contributed by atoms with Crippen LogP contribution in [0.1, 0.15) is 22.8 Å². The van der Waals surface area contributed by atoms with E-state index < -0.39 is 0 Å². The number of pyridine rings is 1. The quantitative estimate of drug-likeness (QED) is 0.501. The number of rotatable bonds is 6. The van der Waals surface area contributed by atoms with Gasteiger partial charge in [-0.25, -0.2) is 0 Å². The van der Waals surface area contributed by atoms with E-state index >= 15 is 0 Å². The zero-order chi connectivity index (χ0) is 20.9. The molecule has 0 spiro atoms. The Balaban J connectivity index is 1.55. The molecule has 30 heavy (non-hydrogen) atoms. The lowest BCUT2D eigenvalue weighted by molar-refractivity contribution is -0.116. The van der Waals surface area contributed by atoms with Gasteiger partial charge in [0.05, 0.1) is 11.9 Å². The number of Topliss-reactive ketones (excluding diaryl/α,β-unsaturated/α-hetero) is 1. The minimum absolute atomic E-state index is 0.105. The number of H-pyrrole nitrogens is 1. The van der Waals surface area contributed by atoms with Crippen LogP contribution in [-0.4, -0.2) is 26.9 Å². The van der Waals surface area contributed by atoms with Crippen LogP contribution in [0.15, 0.2) is 79.3 Å². The van der Waals surface area contributed by atoms with E-state index in [0.29, 0.717) is 17.7 Å². The van der Waals surface area contributed by atoms with Crippen LogP contribution in [0.25, 0.3) is 22.4 Å². The predicted octanol–water partition coefficient (Wildman–Crippen LogP) is 4.52. The lowest BCUT2D eigenvalue weighted by atomic mass is 10.0. The molecule has 2 aromatic heterocycles. The van der Waals surface area contributed by atoms with Crippen molar-refractivity contribution in [3.05, 3.63) is 90.4 Å². The van der Waals surface area contributed by atoms with E-state index in [2.05, 4.69) is 20.5 Å². The summed E-state index contributed by atoms with van der Waals surface area (Å²) in [5, 5.41) is 10.1. The van der Waals surface area contributed by atoms with E-state index in [1.165, 1.54) is 0 Å². The first kappa shape index (κ1) is 19.3. The number of anilines is 1. The van der Waals surface area contributed by atoms with Gasteiger partial charge in [-0.1, -0.05) is 24.3 Å². The highest BCUT2D eigenvalue weighted by Crippen LogP contribution is 2.30. The van der Waals surface area contributed by atoms with Crippen LogP contribution in [0.2, 0.25) is 0 Å². The number of hydrogen-bond acceptors (Lipinski definition) is 4. The Morgan fingerprint density at radius 3 is 2.47 bits per heavy atom. The highest BCUT2D eigenvalue weighted by atomic mass is 16.1. The van der Waals surface area contributed by atoms with Crippen LogP contribution in [0.3, 0.4) is 0 Å². The van der Waals surface area contributed by atoms with Crippen LogP contribution in [0.5, 0.6) is 0 Å². The zero-order valence-electron chi connectivity index (χ0n) is 16.4. The zero-order valence-corrected chi connectivity index (χ0v) is 16.4. The Hall–Kier alpha value is -4.06. The summed E-state index contributed by atoms with van der Waals surface area (Å²) in [4.78, 5) is 28.0. The maximum absolute atomic E-state index is 12.8. The number of carbonyl (C=O) groups excluding carboxylic acids is 2. The monoisotopic (exact) mass is 396 g/mol. The summed E-state index contributed by atoms with van der Waals surface area (Å²) < 4.78 is 0. The number of benzene rings is 2. The number of hydrogen-bond donors (Lipinski definition) is 2. The topological polar surface area (TPSA) is 87.7 Å². The Bertz CT molecular complexity index is 1180. The molecule has 2 aromatic carbocycles. The maximum atomic E-state index is 12.8. The third-order valence-corrected chi connectivity index (χ3v) is 4.71. The van der Waals surface area contributed by atoms with Gasteiger partial charge in [-0.3, -0.25) is 19.7 Å². The van der Waals surface area contributed by atoms with Crippen LogP contribution >= 0.6 is 0 Å². The summed E-state index contributed by atoms with van der Waals surface area (Å²) in [7, 11) is 0. The summed E-state index contributed by atoms with van der Waals surface area (Å²) in [5.74, 6) is -0.102. The highest BCUT2D eigenvalue weighted by molar-refractivity contribution is 6.05. The standard InChI is InChI=1S/C24H20N4O2/c1-16(29)13-17-5-7-21(8-6-17)27-24(30)20-4-2-3-19(14-20)23-22(15-26-28-23)18-9-11-25-12-10-18/h2-12,14-15H,13H2,1H3,(H,26,28)(H,27,30). The Kier molecular flexibility index (Phi) is 5.48. The Morgan fingerprint density at radius 1 is 0.967 bits per heavy atom. The predicted molar refractivity (Wildman–Crippen MR) is 116 cm³/mol. The number of aromatic amines is 1. The van der Waals surface area contributed by atoms with Crippen molar-refractivity contribution >= 4 is 17.4 Å². The van der Waals surface area contributed by atoms with Crippen LogP contribution in [0.4, 0.5) is 5.69 Å². The molecule has 0 saturated carbocycles. The second-order valence-electron chi connectivity index (χ2n) is 7.01. The number of nitrogens with one attached hydrogen (secondary N) is 2. The molecular formula is C24H20N4O2. The van der Waals surface area contributed by atoms with Crippen LogP contribution in [0, 0.1) is 0 Å². The van der Waals surface area contributed by atoms with Gasteiger partial charge in [0.15, 0.2) is 0 Å². The van der Waals surface area contributed by atoms with Gasteiger partial charge < -0.3 is 5.32 Å². The van der Waals surface area contributed by atoms with Crippen molar-refractivity contribution in [2.45, 2.75) is 13.3 Å². The molecule has 0 bridgehead atoms. The van der Waals surface area contributed by atoms with Crippen LogP contribution in [-0.2, 0) is 11.2 Å². The maximum Gasteiger partial charge on any atom is 0.255 e. The first-order valence-electron chi connectivity index (χ1n) is 9.54. The fraction of sp³-hybridized carbons (Fsp3) is 0.0833. The molecule has 0 aliphatic carbocycles. The second kappa shape index (κ2) is 8.53. The van der Waals surface area contributed by atoms with Crippen molar-refractivity contribution in [3.8, 4) is 22.4 Å². The SMILES string of the molecule is CC(=O)Cc1ccc(NC(=O)c2cccc(-c3[nH]ncc3-c3ccncc3)c2)cc1. The Morgan fingerprint density at radius 2 is 1.73 bits per heavy atom. The molecule has 4 rings (SSSR count). The van der Waals surface area contributed by atoms with Gasteiger partial charge in [-0.2, -0.15) is 5.10 Å². The highest BCUT2D eigenvalue weighted by Gasteiger charge is 2.13. The molecule has 2 N–H and O–H groups in total. The van der Waals surface area contributed by atoms with Crippen molar-refractivity contribution in [1.29, 1.82) is 0 Å². The van der Waals surface area contributed by atoms with Gasteiger partial charge in [0.1, 0.15) is 5.78 Å². The Labute approximate surface area is 174 Å². The van der Waals surface area contributed by atoms with E-state index in [4.69, 9.17) is 0 Å². The van der Waals surface area contributed by atoms with E-state index in [-0.39, 0.29) is 11.7 Å². The van der Waals surface area contributed by atoms with E-state index in [0.717, 1.165) is 27.9 Å². The normalized spacial score (nSPS) is 10.6. The molecule has 0 aliphatic rings. The molecule has 6 heteroatoms.